The van der Waals surface area contributed by atoms with Crippen LogP contribution >= 0.6 is 0 Å². The normalized spacial score (nSPS) is 22.3. The Morgan fingerprint density at radius 3 is 2.87 bits per heavy atom. The Hall–Kier alpha value is -4.01. The summed E-state index contributed by atoms with van der Waals surface area (Å²) in [6.45, 7) is 0.454. The van der Waals surface area contributed by atoms with Crippen LogP contribution in [-0.2, 0) is 17.3 Å². The molecule has 5 heterocycles. The number of nitrogens with one attached hydrogen (secondary N) is 1. The van der Waals surface area contributed by atoms with Crippen LogP contribution in [0.25, 0.3) is 5.65 Å². The number of carbonyl (C=O) groups excluding carboxylic acids is 2. The zero-order chi connectivity index (χ0) is 21.2. The van der Waals surface area contributed by atoms with Crippen LogP contribution in [0, 0.1) is 0 Å². The van der Waals surface area contributed by atoms with Gasteiger partial charge < -0.3 is 10.2 Å². The van der Waals surface area contributed by atoms with Crippen molar-refractivity contribution < 1.29 is 9.59 Å². The van der Waals surface area contributed by atoms with E-state index in [0.717, 1.165) is 16.8 Å². The molecule has 6 rings (SSSR count). The van der Waals surface area contributed by atoms with E-state index in [0.29, 0.717) is 24.2 Å². The van der Waals surface area contributed by atoms with Gasteiger partial charge in [-0.2, -0.15) is 10.2 Å². The zero-order valence-corrected chi connectivity index (χ0v) is 16.8. The van der Waals surface area contributed by atoms with Gasteiger partial charge in [-0.3, -0.25) is 14.3 Å². The molecule has 1 spiro atoms. The lowest BCUT2D eigenvalue weighted by Crippen LogP contribution is -2.42. The first-order valence-corrected chi connectivity index (χ1v) is 10.1. The smallest absolute Gasteiger partial charge is 0.255 e. The van der Waals surface area contributed by atoms with Crippen molar-refractivity contribution in [3.63, 3.8) is 0 Å². The summed E-state index contributed by atoms with van der Waals surface area (Å²) in [4.78, 5) is 33.0. The minimum atomic E-state index is -0.855. The number of amides is 2. The van der Waals surface area contributed by atoms with E-state index in [4.69, 9.17) is 0 Å². The van der Waals surface area contributed by atoms with Gasteiger partial charge in [-0.15, -0.1) is 0 Å². The Labute approximate surface area is 177 Å². The van der Waals surface area contributed by atoms with Crippen LogP contribution in [0.4, 0.5) is 5.69 Å². The number of anilines is 1. The molecule has 2 atom stereocenters. The van der Waals surface area contributed by atoms with Gasteiger partial charge in [0.05, 0.1) is 17.8 Å². The van der Waals surface area contributed by atoms with Crippen LogP contribution in [0.5, 0.6) is 0 Å². The lowest BCUT2D eigenvalue weighted by molar-refractivity contribution is -0.121. The fourth-order valence-corrected chi connectivity index (χ4v) is 5.06. The van der Waals surface area contributed by atoms with Crippen LogP contribution < -0.4 is 5.32 Å². The molecule has 2 aliphatic rings. The Morgan fingerprint density at radius 1 is 1.16 bits per heavy atom. The summed E-state index contributed by atoms with van der Waals surface area (Å²) >= 11 is 0. The highest BCUT2D eigenvalue weighted by Gasteiger charge is 2.59. The molecule has 0 unspecified atom stereocenters. The average Bonchev–Trinajstić information content (AvgIpc) is 3.54. The van der Waals surface area contributed by atoms with Gasteiger partial charge in [-0.25, -0.2) is 9.50 Å². The highest BCUT2D eigenvalue weighted by atomic mass is 16.2. The number of rotatable bonds is 2. The van der Waals surface area contributed by atoms with Crippen LogP contribution in [0.15, 0.2) is 61.3 Å². The number of pyridine rings is 1. The fourth-order valence-electron chi connectivity index (χ4n) is 5.06. The molecular formula is C22H19N7O2. The number of nitrogens with zero attached hydrogens (tertiary/aromatic N) is 6. The SMILES string of the molecule is Cn1cc([C@@H]2N(C(=O)c3ccc4ncnn4c3)CC[C@]23C(=O)Nc2ccccc23)cn1. The van der Waals surface area contributed by atoms with Crippen molar-refractivity contribution in [3.05, 3.63) is 78.0 Å². The maximum absolute atomic E-state index is 13.7. The van der Waals surface area contributed by atoms with Crippen molar-refractivity contribution >= 4 is 23.1 Å². The van der Waals surface area contributed by atoms with Crippen molar-refractivity contribution in [3.8, 4) is 0 Å². The second-order valence-electron chi connectivity index (χ2n) is 8.05. The Balaban J connectivity index is 1.50. The maximum atomic E-state index is 13.7. The molecule has 0 aliphatic carbocycles. The third kappa shape index (κ3) is 2.40. The van der Waals surface area contributed by atoms with Crippen LogP contribution in [0.2, 0.25) is 0 Å². The minimum absolute atomic E-state index is 0.0791. The standard InChI is InChI=1S/C22H19N7O2/c1-27-11-15(10-24-27)19-22(16-4-2-3-5-17(16)26-21(22)31)8-9-28(19)20(30)14-6-7-18-23-13-25-29(18)12-14/h2-7,10-13,19H,8-9H2,1H3,(H,26,31)/t19-,22+/m0/s1. The number of likely N-dealkylation sites (tertiary alicyclic amines) is 1. The van der Waals surface area contributed by atoms with Crippen molar-refractivity contribution in [2.24, 2.45) is 7.05 Å². The molecule has 9 nitrogen and oxygen atoms in total. The highest BCUT2D eigenvalue weighted by Crippen LogP contribution is 2.54. The van der Waals surface area contributed by atoms with Gasteiger partial charge in [-0.05, 0) is 30.2 Å². The number of hydrogen-bond acceptors (Lipinski definition) is 5. The first-order chi connectivity index (χ1) is 15.1. The quantitative estimate of drug-likeness (QED) is 0.542. The predicted octanol–water partition coefficient (Wildman–Crippen LogP) is 1.94. The Kier molecular flexibility index (Phi) is 3.59. The molecule has 31 heavy (non-hydrogen) atoms. The number of aromatic nitrogens is 5. The molecule has 0 bridgehead atoms. The largest absolute Gasteiger partial charge is 0.330 e. The summed E-state index contributed by atoms with van der Waals surface area (Å²) < 4.78 is 3.28. The number of benzene rings is 1. The third-order valence-corrected chi connectivity index (χ3v) is 6.41. The van der Waals surface area contributed by atoms with E-state index in [-0.39, 0.29) is 11.8 Å². The number of fused-ring (bicyclic) bond motifs is 3. The second kappa shape index (κ2) is 6.24. The number of carbonyl (C=O) groups is 2. The minimum Gasteiger partial charge on any atom is -0.330 e. The number of para-hydroxylation sites is 1. The molecule has 2 amide bonds. The Morgan fingerprint density at radius 2 is 2.03 bits per heavy atom. The van der Waals surface area contributed by atoms with Gasteiger partial charge in [0, 0.05) is 37.2 Å². The molecular weight excluding hydrogens is 394 g/mol. The van der Waals surface area contributed by atoms with Crippen LogP contribution in [-0.4, -0.2) is 47.6 Å². The van der Waals surface area contributed by atoms with Gasteiger partial charge >= 0.3 is 0 Å². The zero-order valence-electron chi connectivity index (χ0n) is 16.8. The number of hydrogen-bond donors (Lipinski definition) is 1. The van der Waals surface area contributed by atoms with Gasteiger partial charge in [0.15, 0.2) is 5.65 Å². The first-order valence-electron chi connectivity index (χ1n) is 10.1. The first kappa shape index (κ1) is 17.8. The van der Waals surface area contributed by atoms with Crippen molar-refractivity contribution in [1.82, 2.24) is 29.3 Å². The molecule has 1 aromatic carbocycles. The van der Waals surface area contributed by atoms with E-state index in [1.807, 2.05) is 37.5 Å². The fraction of sp³-hybridized carbons (Fsp3) is 0.227. The van der Waals surface area contributed by atoms with Crippen molar-refractivity contribution in [2.75, 3.05) is 11.9 Å². The number of aryl methyl sites for hydroxylation is 1. The van der Waals surface area contributed by atoms with Crippen molar-refractivity contribution in [2.45, 2.75) is 17.9 Å². The molecule has 154 valence electrons. The molecule has 1 N–H and O–H groups in total. The predicted molar refractivity (Wildman–Crippen MR) is 111 cm³/mol. The molecule has 2 aliphatic heterocycles. The summed E-state index contributed by atoms with van der Waals surface area (Å²) in [5.41, 5.74) is 2.88. The molecule has 0 radical (unpaired) electrons. The van der Waals surface area contributed by atoms with Gasteiger partial charge in [0.2, 0.25) is 5.91 Å². The molecule has 0 saturated carbocycles. The summed E-state index contributed by atoms with van der Waals surface area (Å²) in [5, 5.41) is 11.5. The Bertz CT molecular complexity index is 1360. The summed E-state index contributed by atoms with van der Waals surface area (Å²) in [6.07, 6.45) is 7.29. The van der Waals surface area contributed by atoms with Gasteiger partial charge in [0.1, 0.15) is 11.7 Å². The molecule has 3 aromatic heterocycles. The summed E-state index contributed by atoms with van der Waals surface area (Å²) in [5.74, 6) is -0.232. The molecule has 1 saturated heterocycles. The average molecular weight is 413 g/mol. The third-order valence-electron chi connectivity index (χ3n) is 6.41. The van der Waals surface area contributed by atoms with E-state index >= 15 is 0 Å². The monoisotopic (exact) mass is 413 g/mol. The van der Waals surface area contributed by atoms with E-state index in [1.165, 1.54) is 6.33 Å². The van der Waals surface area contributed by atoms with Crippen LogP contribution in [0.1, 0.15) is 33.9 Å². The molecule has 4 aromatic rings. The lowest BCUT2D eigenvalue weighted by atomic mass is 9.73. The van der Waals surface area contributed by atoms with E-state index in [9.17, 15) is 9.59 Å². The van der Waals surface area contributed by atoms with E-state index in [2.05, 4.69) is 20.5 Å². The topological polar surface area (TPSA) is 97.4 Å². The maximum Gasteiger partial charge on any atom is 0.255 e. The van der Waals surface area contributed by atoms with Gasteiger partial charge in [0.25, 0.3) is 5.91 Å². The lowest BCUT2D eigenvalue weighted by Gasteiger charge is -2.33. The van der Waals surface area contributed by atoms with Gasteiger partial charge in [-0.1, -0.05) is 18.2 Å². The molecule has 1 fully saturated rings. The van der Waals surface area contributed by atoms with Crippen molar-refractivity contribution in [1.29, 1.82) is 0 Å². The van der Waals surface area contributed by atoms with E-state index < -0.39 is 11.5 Å². The summed E-state index contributed by atoms with van der Waals surface area (Å²) in [7, 11) is 1.83. The van der Waals surface area contributed by atoms with E-state index in [1.54, 1.807) is 38.6 Å². The summed E-state index contributed by atoms with van der Waals surface area (Å²) in [6, 6.07) is 10.8. The van der Waals surface area contributed by atoms with Crippen LogP contribution in [0.3, 0.4) is 0 Å². The highest BCUT2D eigenvalue weighted by molar-refractivity contribution is 6.08. The second-order valence-corrected chi connectivity index (χ2v) is 8.05. The molecule has 9 heteroatoms.